The molecule has 20 heavy (non-hydrogen) atoms. The molecule has 0 radical (unpaired) electrons. The number of sulfone groups is 1. The molecule has 0 saturated carbocycles. The Morgan fingerprint density at radius 3 is 2.40 bits per heavy atom. The Bertz CT molecular complexity index is 702. The second-order valence-corrected chi connectivity index (χ2v) is 9.59. The van der Waals surface area contributed by atoms with Crippen molar-refractivity contribution in [1.29, 1.82) is 0 Å². The van der Waals surface area contributed by atoms with Gasteiger partial charge in [-0.1, -0.05) is 6.07 Å². The maximum absolute atomic E-state index is 12.5. The van der Waals surface area contributed by atoms with Gasteiger partial charge in [-0.15, -0.1) is 0 Å². The number of hydrogen-bond donors (Lipinski definition) is 1. The zero-order chi connectivity index (χ0) is 15.0. The Morgan fingerprint density at radius 2 is 1.85 bits per heavy atom. The Morgan fingerprint density at radius 1 is 1.25 bits per heavy atom. The third-order valence-electron chi connectivity index (χ3n) is 3.15. The minimum Gasteiger partial charge on any atom is -0.326 e. The lowest BCUT2D eigenvalue weighted by atomic mass is 10.2. The van der Waals surface area contributed by atoms with E-state index in [-0.39, 0.29) is 36.0 Å². The number of nitrogens with two attached hydrogens (primary N) is 1. The summed E-state index contributed by atoms with van der Waals surface area (Å²) in [5.41, 5.74) is 6.23. The molecular formula is C11H15BrN2O4S2. The van der Waals surface area contributed by atoms with Crippen LogP contribution < -0.4 is 5.73 Å². The van der Waals surface area contributed by atoms with Gasteiger partial charge in [-0.2, -0.15) is 4.31 Å². The van der Waals surface area contributed by atoms with Crippen LogP contribution in [0.3, 0.4) is 0 Å². The fourth-order valence-electron chi connectivity index (χ4n) is 1.95. The van der Waals surface area contributed by atoms with Gasteiger partial charge in [-0.25, -0.2) is 16.8 Å². The van der Waals surface area contributed by atoms with Crippen molar-refractivity contribution in [2.45, 2.75) is 11.4 Å². The minimum absolute atomic E-state index is 0.00996. The molecule has 9 heteroatoms. The first kappa shape index (κ1) is 15.9. The summed E-state index contributed by atoms with van der Waals surface area (Å²) in [5.74, 6) is -0.277. The van der Waals surface area contributed by atoms with Crippen molar-refractivity contribution in [3.63, 3.8) is 0 Å². The minimum atomic E-state index is -3.71. The van der Waals surface area contributed by atoms with Crippen molar-refractivity contribution in [2.24, 2.45) is 5.73 Å². The molecule has 0 spiro atoms. The van der Waals surface area contributed by atoms with E-state index in [0.717, 1.165) is 0 Å². The molecule has 1 aliphatic heterocycles. The molecule has 1 aliphatic rings. The van der Waals surface area contributed by atoms with Crippen LogP contribution in [0.2, 0.25) is 0 Å². The van der Waals surface area contributed by atoms with E-state index in [1.165, 1.54) is 10.4 Å². The highest BCUT2D eigenvalue weighted by molar-refractivity contribution is 9.10. The van der Waals surface area contributed by atoms with Crippen LogP contribution >= 0.6 is 15.9 Å². The predicted molar refractivity (Wildman–Crippen MR) is 79.4 cm³/mol. The molecule has 1 aromatic carbocycles. The number of hydrogen-bond acceptors (Lipinski definition) is 5. The van der Waals surface area contributed by atoms with Crippen LogP contribution in [-0.4, -0.2) is 45.7 Å². The largest absolute Gasteiger partial charge is 0.326 e. The lowest BCUT2D eigenvalue weighted by Gasteiger charge is -2.26. The summed E-state index contributed by atoms with van der Waals surface area (Å²) in [7, 11) is -6.83. The first-order chi connectivity index (χ1) is 9.26. The van der Waals surface area contributed by atoms with E-state index in [0.29, 0.717) is 10.0 Å². The number of sulfonamides is 1. The SMILES string of the molecule is NCc1ccc(Br)c(S(=O)(=O)N2CCS(=O)(=O)CC2)c1. The second kappa shape index (κ2) is 5.72. The van der Waals surface area contributed by atoms with Gasteiger partial charge < -0.3 is 5.73 Å². The molecule has 0 aromatic heterocycles. The lowest BCUT2D eigenvalue weighted by Crippen LogP contribution is -2.43. The summed E-state index contributed by atoms with van der Waals surface area (Å²) in [5, 5.41) is 0. The van der Waals surface area contributed by atoms with Crippen molar-refractivity contribution in [1.82, 2.24) is 4.31 Å². The van der Waals surface area contributed by atoms with Crippen LogP contribution in [0, 0.1) is 0 Å². The molecule has 6 nitrogen and oxygen atoms in total. The van der Waals surface area contributed by atoms with Gasteiger partial charge in [0.05, 0.1) is 16.4 Å². The third kappa shape index (κ3) is 3.22. The third-order valence-corrected chi connectivity index (χ3v) is 7.65. The van der Waals surface area contributed by atoms with E-state index >= 15 is 0 Å². The second-order valence-electron chi connectivity index (χ2n) is 4.52. The van der Waals surface area contributed by atoms with Crippen molar-refractivity contribution in [3.05, 3.63) is 28.2 Å². The Hall–Kier alpha value is -0.480. The van der Waals surface area contributed by atoms with E-state index in [9.17, 15) is 16.8 Å². The smallest absolute Gasteiger partial charge is 0.244 e. The maximum Gasteiger partial charge on any atom is 0.244 e. The highest BCUT2D eigenvalue weighted by Crippen LogP contribution is 2.27. The monoisotopic (exact) mass is 382 g/mol. The molecule has 1 saturated heterocycles. The topological polar surface area (TPSA) is 97.5 Å². The normalized spacial score (nSPS) is 19.9. The van der Waals surface area contributed by atoms with Crippen LogP contribution in [-0.2, 0) is 26.4 Å². The van der Waals surface area contributed by atoms with Crippen LogP contribution in [0.1, 0.15) is 5.56 Å². The van der Waals surface area contributed by atoms with Gasteiger partial charge in [0.15, 0.2) is 9.84 Å². The molecule has 1 fully saturated rings. The van der Waals surface area contributed by atoms with Gasteiger partial charge in [0.1, 0.15) is 0 Å². The summed E-state index contributed by atoms with van der Waals surface area (Å²) >= 11 is 3.22. The van der Waals surface area contributed by atoms with E-state index < -0.39 is 19.9 Å². The van der Waals surface area contributed by atoms with Gasteiger partial charge in [0.2, 0.25) is 10.0 Å². The molecule has 0 atom stereocenters. The fraction of sp³-hybridized carbons (Fsp3) is 0.455. The summed E-state index contributed by atoms with van der Waals surface area (Å²) < 4.78 is 49.5. The number of halogens is 1. The standard InChI is InChI=1S/C11H15BrN2O4S2/c12-10-2-1-9(8-13)7-11(10)20(17,18)14-3-5-19(15,16)6-4-14/h1-2,7H,3-6,8,13H2. The van der Waals surface area contributed by atoms with Crippen LogP contribution in [0.5, 0.6) is 0 Å². The van der Waals surface area contributed by atoms with Crippen molar-refractivity contribution in [3.8, 4) is 0 Å². The number of nitrogens with zero attached hydrogens (tertiary/aromatic N) is 1. The first-order valence-electron chi connectivity index (χ1n) is 5.95. The molecular weight excluding hydrogens is 368 g/mol. The molecule has 112 valence electrons. The molecule has 0 bridgehead atoms. The van der Waals surface area contributed by atoms with Crippen molar-refractivity contribution >= 4 is 35.8 Å². The highest BCUT2D eigenvalue weighted by atomic mass is 79.9. The van der Waals surface area contributed by atoms with Gasteiger partial charge >= 0.3 is 0 Å². The molecule has 2 rings (SSSR count). The summed E-state index contributed by atoms with van der Waals surface area (Å²) in [6, 6.07) is 4.89. The maximum atomic E-state index is 12.5. The van der Waals surface area contributed by atoms with E-state index in [4.69, 9.17) is 5.73 Å². The molecule has 2 N–H and O–H groups in total. The zero-order valence-corrected chi connectivity index (χ0v) is 13.8. The van der Waals surface area contributed by atoms with E-state index in [2.05, 4.69) is 15.9 Å². The Labute approximate surface area is 127 Å². The lowest BCUT2D eigenvalue weighted by molar-refractivity contribution is 0.430. The fourth-order valence-corrected chi connectivity index (χ4v) is 5.80. The average Bonchev–Trinajstić information content (AvgIpc) is 2.38. The molecule has 0 amide bonds. The van der Waals surface area contributed by atoms with E-state index in [1.54, 1.807) is 12.1 Å². The molecule has 1 heterocycles. The predicted octanol–water partition coefficient (Wildman–Crippen LogP) is 0.327. The van der Waals surface area contributed by atoms with Crippen molar-refractivity contribution < 1.29 is 16.8 Å². The van der Waals surface area contributed by atoms with Gasteiger partial charge in [0.25, 0.3) is 0 Å². The van der Waals surface area contributed by atoms with Crippen LogP contribution in [0.25, 0.3) is 0 Å². The summed E-state index contributed by atoms with van der Waals surface area (Å²) in [6.45, 7) is 0.220. The Balaban J connectivity index is 2.36. The summed E-state index contributed by atoms with van der Waals surface area (Å²) in [4.78, 5) is 0.125. The van der Waals surface area contributed by atoms with Gasteiger partial charge in [-0.05, 0) is 33.6 Å². The highest BCUT2D eigenvalue weighted by Gasteiger charge is 2.32. The quantitative estimate of drug-likeness (QED) is 0.811. The molecule has 1 aromatic rings. The van der Waals surface area contributed by atoms with Crippen LogP contribution in [0.4, 0.5) is 0 Å². The van der Waals surface area contributed by atoms with Crippen LogP contribution in [0.15, 0.2) is 27.6 Å². The van der Waals surface area contributed by atoms with Gasteiger partial charge in [0, 0.05) is 24.1 Å². The molecule has 0 unspecified atom stereocenters. The zero-order valence-electron chi connectivity index (χ0n) is 10.6. The average molecular weight is 383 g/mol. The van der Waals surface area contributed by atoms with Gasteiger partial charge in [-0.3, -0.25) is 0 Å². The van der Waals surface area contributed by atoms with Crippen molar-refractivity contribution in [2.75, 3.05) is 24.6 Å². The first-order valence-corrected chi connectivity index (χ1v) is 10.0. The molecule has 0 aliphatic carbocycles. The number of benzene rings is 1. The summed E-state index contributed by atoms with van der Waals surface area (Å²) in [6.07, 6.45) is 0. The van der Waals surface area contributed by atoms with E-state index in [1.807, 2.05) is 0 Å². The number of rotatable bonds is 3. The Kier molecular flexibility index (Phi) is 4.55.